The molecule has 1 aromatic rings. The van der Waals surface area contributed by atoms with E-state index >= 15 is 0 Å². The second kappa shape index (κ2) is 4.13. The maximum Gasteiger partial charge on any atom is 0.319 e. The molecule has 1 rings (SSSR count). The Labute approximate surface area is 84.5 Å². The van der Waals surface area contributed by atoms with Crippen molar-refractivity contribution in [3.8, 4) is 0 Å². The Balaban J connectivity index is 3.10. The van der Waals surface area contributed by atoms with Crippen LogP contribution in [-0.4, -0.2) is 12.6 Å². The fourth-order valence-corrected chi connectivity index (χ4v) is 1.55. The van der Waals surface area contributed by atoms with Gasteiger partial charge in [0.2, 0.25) is 0 Å². The van der Waals surface area contributed by atoms with E-state index in [-0.39, 0.29) is 0 Å². The van der Waals surface area contributed by atoms with Crippen LogP contribution >= 0.6 is 0 Å². The fourth-order valence-electron chi connectivity index (χ4n) is 1.55. The van der Waals surface area contributed by atoms with Crippen molar-refractivity contribution in [1.29, 1.82) is 0 Å². The van der Waals surface area contributed by atoms with Gasteiger partial charge in [0.25, 0.3) is 0 Å². The van der Waals surface area contributed by atoms with Crippen LogP contribution in [0.3, 0.4) is 0 Å². The highest BCUT2D eigenvalue weighted by Gasteiger charge is 2.11. The zero-order valence-electron chi connectivity index (χ0n) is 8.87. The van der Waals surface area contributed by atoms with Gasteiger partial charge in [-0.15, -0.1) is 0 Å². The second-order valence-electron chi connectivity index (χ2n) is 3.37. The van der Waals surface area contributed by atoms with Crippen LogP contribution in [0.2, 0.25) is 0 Å². The van der Waals surface area contributed by atoms with Crippen LogP contribution in [0.4, 0.5) is 10.5 Å². The Morgan fingerprint density at radius 3 is 2.50 bits per heavy atom. The van der Waals surface area contributed by atoms with Gasteiger partial charge in [0.1, 0.15) is 0 Å². The minimum atomic E-state index is -0.403. The molecule has 0 aliphatic heterocycles. The smallest absolute Gasteiger partial charge is 0.319 e. The lowest BCUT2D eigenvalue weighted by atomic mass is 10.1. The molecular weight excluding hydrogens is 176 g/mol. The van der Waals surface area contributed by atoms with Crippen molar-refractivity contribution in [2.24, 2.45) is 5.73 Å². The number of nitrogens with zero attached hydrogens (tertiary/aromatic N) is 1. The summed E-state index contributed by atoms with van der Waals surface area (Å²) in [7, 11) is 0. The van der Waals surface area contributed by atoms with Crippen molar-refractivity contribution in [3.05, 3.63) is 29.3 Å². The van der Waals surface area contributed by atoms with E-state index in [1.807, 2.05) is 39.0 Å². The lowest BCUT2D eigenvalue weighted by molar-refractivity contribution is 0.254. The summed E-state index contributed by atoms with van der Waals surface area (Å²) in [6.45, 7) is 6.51. The van der Waals surface area contributed by atoms with Gasteiger partial charge in [-0.25, -0.2) is 4.79 Å². The summed E-state index contributed by atoms with van der Waals surface area (Å²) in [4.78, 5) is 12.7. The van der Waals surface area contributed by atoms with Gasteiger partial charge >= 0.3 is 6.03 Å². The predicted molar refractivity (Wildman–Crippen MR) is 58.5 cm³/mol. The number of nitrogens with two attached hydrogens (primary N) is 1. The number of primary amides is 1. The molecule has 0 saturated carbocycles. The van der Waals surface area contributed by atoms with E-state index in [0.717, 1.165) is 11.3 Å². The first-order valence-corrected chi connectivity index (χ1v) is 4.70. The van der Waals surface area contributed by atoms with E-state index in [1.54, 1.807) is 4.90 Å². The number of anilines is 1. The third-order valence-electron chi connectivity index (χ3n) is 2.23. The molecule has 0 heterocycles. The molecule has 0 unspecified atom stereocenters. The van der Waals surface area contributed by atoms with Gasteiger partial charge in [-0.05, 0) is 32.4 Å². The van der Waals surface area contributed by atoms with Gasteiger partial charge in [-0.1, -0.05) is 17.7 Å². The largest absolute Gasteiger partial charge is 0.351 e. The maximum absolute atomic E-state index is 11.1. The van der Waals surface area contributed by atoms with Crippen LogP contribution < -0.4 is 10.6 Å². The van der Waals surface area contributed by atoms with Crippen molar-refractivity contribution in [2.75, 3.05) is 11.4 Å². The second-order valence-corrected chi connectivity index (χ2v) is 3.37. The average Bonchev–Trinajstić information content (AvgIpc) is 2.09. The first kappa shape index (κ1) is 10.6. The minimum Gasteiger partial charge on any atom is -0.351 e. The SMILES string of the molecule is CCN(C(N)=O)c1ccc(C)cc1C. The van der Waals surface area contributed by atoms with Crippen LogP contribution in [0.15, 0.2) is 18.2 Å². The molecule has 3 heteroatoms. The molecular formula is C11H16N2O. The number of carbonyl (C=O) groups excluding carboxylic acids is 1. The standard InChI is InChI=1S/C11H16N2O/c1-4-13(11(12)14)10-6-5-8(2)7-9(10)3/h5-7H,4H2,1-3H3,(H2,12,14). The highest BCUT2D eigenvalue weighted by atomic mass is 16.2. The van der Waals surface area contributed by atoms with Crippen LogP contribution in [0.5, 0.6) is 0 Å². The molecule has 0 atom stereocenters. The zero-order valence-corrected chi connectivity index (χ0v) is 8.87. The van der Waals surface area contributed by atoms with Crippen LogP contribution in [0.25, 0.3) is 0 Å². The van der Waals surface area contributed by atoms with Crippen molar-refractivity contribution < 1.29 is 4.79 Å². The maximum atomic E-state index is 11.1. The Morgan fingerprint density at radius 2 is 2.07 bits per heavy atom. The Morgan fingerprint density at radius 1 is 1.43 bits per heavy atom. The molecule has 2 amide bonds. The lowest BCUT2D eigenvalue weighted by Crippen LogP contribution is -2.35. The monoisotopic (exact) mass is 192 g/mol. The lowest BCUT2D eigenvalue weighted by Gasteiger charge is -2.20. The van der Waals surface area contributed by atoms with Crippen molar-refractivity contribution >= 4 is 11.7 Å². The van der Waals surface area contributed by atoms with Crippen molar-refractivity contribution in [3.63, 3.8) is 0 Å². The van der Waals surface area contributed by atoms with E-state index < -0.39 is 6.03 Å². The molecule has 0 aliphatic carbocycles. The summed E-state index contributed by atoms with van der Waals surface area (Å²) in [6, 6.07) is 5.55. The molecule has 0 fully saturated rings. The Kier molecular flexibility index (Phi) is 3.12. The van der Waals surface area contributed by atoms with Gasteiger partial charge < -0.3 is 5.73 Å². The van der Waals surface area contributed by atoms with E-state index in [0.29, 0.717) is 6.54 Å². The first-order valence-electron chi connectivity index (χ1n) is 4.70. The molecule has 2 N–H and O–H groups in total. The van der Waals surface area contributed by atoms with Crippen LogP contribution in [0, 0.1) is 13.8 Å². The number of hydrogen-bond acceptors (Lipinski definition) is 1. The first-order chi connectivity index (χ1) is 6.56. The fraction of sp³-hybridized carbons (Fsp3) is 0.364. The summed E-state index contributed by atoms with van der Waals surface area (Å²) in [6.07, 6.45) is 0. The molecule has 0 spiro atoms. The Hall–Kier alpha value is -1.51. The molecule has 3 nitrogen and oxygen atoms in total. The minimum absolute atomic E-state index is 0.403. The van der Waals surface area contributed by atoms with E-state index in [2.05, 4.69) is 0 Å². The average molecular weight is 192 g/mol. The molecule has 76 valence electrons. The van der Waals surface area contributed by atoms with E-state index in [9.17, 15) is 4.79 Å². The topological polar surface area (TPSA) is 46.3 Å². The van der Waals surface area contributed by atoms with Crippen LogP contribution in [0.1, 0.15) is 18.1 Å². The van der Waals surface area contributed by atoms with Gasteiger partial charge in [-0.3, -0.25) is 4.90 Å². The molecule has 14 heavy (non-hydrogen) atoms. The van der Waals surface area contributed by atoms with Gasteiger partial charge in [0.15, 0.2) is 0 Å². The van der Waals surface area contributed by atoms with Crippen molar-refractivity contribution in [2.45, 2.75) is 20.8 Å². The van der Waals surface area contributed by atoms with E-state index in [4.69, 9.17) is 5.73 Å². The number of carbonyl (C=O) groups is 1. The molecule has 0 saturated heterocycles. The number of urea groups is 1. The molecule has 0 aromatic heterocycles. The molecule has 0 radical (unpaired) electrons. The van der Waals surface area contributed by atoms with Crippen LogP contribution in [-0.2, 0) is 0 Å². The van der Waals surface area contributed by atoms with Gasteiger partial charge in [0, 0.05) is 12.2 Å². The Bertz CT molecular complexity index is 347. The summed E-state index contributed by atoms with van der Waals surface area (Å²) >= 11 is 0. The third-order valence-corrected chi connectivity index (χ3v) is 2.23. The summed E-state index contributed by atoms with van der Waals surface area (Å²) in [5, 5.41) is 0. The quantitative estimate of drug-likeness (QED) is 0.767. The zero-order chi connectivity index (χ0) is 10.7. The number of aryl methyl sites for hydroxylation is 2. The number of benzene rings is 1. The number of rotatable bonds is 2. The molecule has 1 aromatic carbocycles. The van der Waals surface area contributed by atoms with Crippen molar-refractivity contribution in [1.82, 2.24) is 0 Å². The number of amides is 2. The molecule has 0 bridgehead atoms. The normalized spacial score (nSPS) is 9.93. The highest BCUT2D eigenvalue weighted by molar-refractivity contribution is 5.91. The van der Waals surface area contributed by atoms with E-state index in [1.165, 1.54) is 5.56 Å². The van der Waals surface area contributed by atoms with Gasteiger partial charge in [-0.2, -0.15) is 0 Å². The summed E-state index contributed by atoms with van der Waals surface area (Å²) < 4.78 is 0. The highest BCUT2D eigenvalue weighted by Crippen LogP contribution is 2.20. The number of hydrogen-bond donors (Lipinski definition) is 1. The third kappa shape index (κ3) is 2.05. The summed E-state index contributed by atoms with van der Waals surface area (Å²) in [5.41, 5.74) is 8.43. The molecule has 0 aliphatic rings. The van der Waals surface area contributed by atoms with Gasteiger partial charge in [0.05, 0.1) is 0 Å². The summed E-state index contributed by atoms with van der Waals surface area (Å²) in [5.74, 6) is 0. The predicted octanol–water partition coefficient (Wildman–Crippen LogP) is 2.21.